The van der Waals surface area contributed by atoms with Crippen LogP contribution < -0.4 is 4.31 Å². The van der Waals surface area contributed by atoms with Gasteiger partial charge < -0.3 is 14.2 Å². The van der Waals surface area contributed by atoms with Crippen molar-refractivity contribution in [2.75, 3.05) is 24.2 Å². The number of benzene rings is 1. The van der Waals surface area contributed by atoms with Crippen molar-refractivity contribution in [3.05, 3.63) is 41.2 Å². The van der Waals surface area contributed by atoms with E-state index in [0.717, 1.165) is 10.3 Å². The number of fused-ring (bicyclic) bond motifs is 1. The van der Waals surface area contributed by atoms with Gasteiger partial charge >= 0.3 is 12.1 Å². The van der Waals surface area contributed by atoms with Crippen LogP contribution in [0.3, 0.4) is 0 Å². The second-order valence-electron chi connectivity index (χ2n) is 11.4. The fraction of sp³-hybridized carbons (Fsp3) is 0.583. The van der Waals surface area contributed by atoms with E-state index in [-0.39, 0.29) is 37.0 Å². The number of hydrogen-bond donors (Lipinski definition) is 0. The summed E-state index contributed by atoms with van der Waals surface area (Å²) in [6.45, 7) is 11.9. The van der Waals surface area contributed by atoms with E-state index in [1.54, 1.807) is 12.1 Å². The number of carbonyl (C=O) groups is 1. The Balaban J connectivity index is 1.93. The van der Waals surface area contributed by atoms with Crippen LogP contribution in [0.2, 0.25) is 25.7 Å². The van der Waals surface area contributed by atoms with E-state index in [4.69, 9.17) is 9.26 Å². The van der Waals surface area contributed by atoms with Crippen molar-refractivity contribution in [2.24, 2.45) is 0 Å². The molecule has 1 aromatic carbocycles. The summed E-state index contributed by atoms with van der Waals surface area (Å²) >= 11 is 0. The average molecular weight is 562 g/mol. The van der Waals surface area contributed by atoms with Gasteiger partial charge in [0.25, 0.3) is 10.0 Å². The van der Waals surface area contributed by atoms with E-state index in [2.05, 4.69) is 24.8 Å². The van der Waals surface area contributed by atoms with Crippen LogP contribution in [0.5, 0.6) is 0 Å². The molecule has 2 heterocycles. The molecular weight excluding hydrogens is 527 g/mol. The highest BCUT2D eigenvalue weighted by atomic mass is 32.2. The Kier molecular flexibility index (Phi) is 8.21. The third kappa shape index (κ3) is 7.14. The van der Waals surface area contributed by atoms with Crippen LogP contribution in [0.4, 0.5) is 19.0 Å². The van der Waals surface area contributed by atoms with Crippen molar-refractivity contribution in [3.8, 4) is 0 Å². The van der Waals surface area contributed by atoms with E-state index >= 15 is 0 Å². The third-order valence-corrected chi connectivity index (χ3v) is 9.43. The fourth-order valence-electron chi connectivity index (χ4n) is 3.70. The molecule has 1 aromatic heterocycles. The predicted octanol–water partition coefficient (Wildman–Crippen LogP) is 4.93. The van der Waals surface area contributed by atoms with Gasteiger partial charge in [-0.05, 0) is 35.7 Å². The van der Waals surface area contributed by atoms with Crippen LogP contribution in [-0.2, 0) is 37.9 Å². The maximum atomic E-state index is 13.8. The SMILES string of the molecule is CC(C)(C)c1cc(N(COCC[Si](C)(C)C)S(=O)(=O)c2ccc3c(c2)CN(C(=O)C(F)(F)F)CC3)no1. The zero-order valence-electron chi connectivity index (χ0n) is 22.0. The Morgan fingerprint density at radius 2 is 1.84 bits per heavy atom. The van der Waals surface area contributed by atoms with Crippen molar-refractivity contribution < 1.29 is 35.6 Å². The van der Waals surface area contributed by atoms with Crippen LogP contribution in [0.25, 0.3) is 0 Å². The first-order valence-electron chi connectivity index (χ1n) is 12.0. The van der Waals surface area contributed by atoms with Crippen LogP contribution in [0.15, 0.2) is 33.7 Å². The highest BCUT2D eigenvalue weighted by molar-refractivity contribution is 7.92. The van der Waals surface area contributed by atoms with Crippen LogP contribution >= 0.6 is 0 Å². The Hall–Kier alpha value is -2.38. The smallest absolute Gasteiger partial charge is 0.360 e. The van der Waals surface area contributed by atoms with Crippen molar-refractivity contribution in [3.63, 3.8) is 0 Å². The number of anilines is 1. The zero-order valence-corrected chi connectivity index (χ0v) is 23.8. The Labute approximate surface area is 216 Å². The molecule has 0 unspecified atom stereocenters. The van der Waals surface area contributed by atoms with Gasteiger partial charge in [0.1, 0.15) is 12.5 Å². The van der Waals surface area contributed by atoms with Crippen molar-refractivity contribution >= 4 is 29.8 Å². The lowest BCUT2D eigenvalue weighted by molar-refractivity contribution is -0.186. The van der Waals surface area contributed by atoms with Crippen LogP contribution in [0.1, 0.15) is 37.7 Å². The molecule has 1 aliphatic rings. The molecule has 0 saturated heterocycles. The van der Waals surface area contributed by atoms with E-state index in [1.165, 1.54) is 12.1 Å². The maximum Gasteiger partial charge on any atom is 0.471 e. The molecule has 13 heteroatoms. The molecule has 0 radical (unpaired) electrons. The monoisotopic (exact) mass is 561 g/mol. The number of carbonyl (C=O) groups excluding carboxylic acids is 1. The lowest BCUT2D eigenvalue weighted by atomic mass is 9.93. The first-order chi connectivity index (χ1) is 16.9. The molecule has 8 nitrogen and oxygen atoms in total. The Morgan fingerprint density at radius 3 is 2.41 bits per heavy atom. The number of halogens is 3. The standard InChI is InChI=1S/C24H34F3N3O5SSi/c1-23(2,3)20-14-21(28-35-20)30(16-34-11-12-37(4,5)6)36(32,33)19-8-7-17-9-10-29(15-18(17)13-19)22(31)24(25,26)27/h7-8,13-14H,9-12,15-16H2,1-6H3. The summed E-state index contributed by atoms with van der Waals surface area (Å²) < 4.78 is 78.5. The van der Waals surface area contributed by atoms with Gasteiger partial charge in [-0.1, -0.05) is 51.6 Å². The lowest BCUT2D eigenvalue weighted by Crippen LogP contribution is -2.43. The summed E-state index contributed by atoms with van der Waals surface area (Å²) in [5, 5.41) is 3.97. The van der Waals surface area contributed by atoms with Crippen molar-refractivity contribution in [1.82, 2.24) is 10.1 Å². The lowest BCUT2D eigenvalue weighted by Gasteiger charge is -2.30. The number of ether oxygens (including phenoxy) is 1. The normalized spacial score (nSPS) is 15.0. The third-order valence-electron chi connectivity index (χ3n) is 6.01. The number of hydrogen-bond acceptors (Lipinski definition) is 6. The highest BCUT2D eigenvalue weighted by Gasteiger charge is 2.43. The molecule has 37 heavy (non-hydrogen) atoms. The molecule has 0 fully saturated rings. The molecule has 0 saturated carbocycles. The van der Waals surface area contributed by atoms with Crippen molar-refractivity contribution in [1.29, 1.82) is 0 Å². The average Bonchev–Trinajstić information content (AvgIpc) is 3.26. The van der Waals surface area contributed by atoms with Gasteiger partial charge in [0, 0.05) is 39.3 Å². The van der Waals surface area contributed by atoms with Gasteiger partial charge in [-0.15, -0.1) is 0 Å². The van der Waals surface area contributed by atoms with Gasteiger partial charge in [0.05, 0.1) is 4.90 Å². The van der Waals surface area contributed by atoms with Gasteiger partial charge in [-0.3, -0.25) is 4.79 Å². The summed E-state index contributed by atoms with van der Waals surface area (Å²) in [4.78, 5) is 12.3. The molecule has 0 N–H and O–H groups in total. The Morgan fingerprint density at radius 1 is 1.16 bits per heavy atom. The first kappa shape index (κ1) is 29.2. The molecule has 206 valence electrons. The first-order valence-corrected chi connectivity index (χ1v) is 17.1. The van der Waals surface area contributed by atoms with Crippen LogP contribution in [0, 0.1) is 0 Å². The fourth-order valence-corrected chi connectivity index (χ4v) is 5.78. The maximum absolute atomic E-state index is 13.8. The summed E-state index contributed by atoms with van der Waals surface area (Å²) in [5.74, 6) is -1.41. The van der Waals surface area contributed by atoms with E-state index in [0.29, 0.717) is 28.4 Å². The molecule has 0 spiro atoms. The molecule has 1 aliphatic heterocycles. The van der Waals surface area contributed by atoms with Crippen molar-refractivity contribution in [2.45, 2.75) is 75.9 Å². The minimum Gasteiger partial charge on any atom is -0.360 e. The molecule has 0 aliphatic carbocycles. The molecule has 0 bridgehead atoms. The molecular formula is C24H34F3N3O5SSi. The molecule has 0 atom stereocenters. The Bertz CT molecular complexity index is 1230. The number of nitrogens with zero attached hydrogens (tertiary/aromatic N) is 3. The quantitative estimate of drug-likeness (QED) is 0.258. The minimum absolute atomic E-state index is 0.0459. The molecule has 3 rings (SSSR count). The second kappa shape index (κ2) is 10.4. The zero-order chi connectivity index (χ0) is 27.8. The summed E-state index contributed by atoms with van der Waals surface area (Å²) in [5.41, 5.74) is 0.624. The summed E-state index contributed by atoms with van der Waals surface area (Å²) in [6.07, 6.45) is -4.80. The second-order valence-corrected chi connectivity index (χ2v) is 18.9. The molecule has 2 aromatic rings. The number of rotatable bonds is 8. The number of sulfonamides is 1. The highest BCUT2D eigenvalue weighted by Crippen LogP contribution is 2.31. The minimum atomic E-state index is -5.00. The van der Waals surface area contributed by atoms with Gasteiger partial charge in [-0.25, -0.2) is 12.7 Å². The predicted molar refractivity (Wildman–Crippen MR) is 135 cm³/mol. The largest absolute Gasteiger partial charge is 0.471 e. The van der Waals surface area contributed by atoms with E-state index < -0.39 is 35.6 Å². The number of amides is 1. The van der Waals surface area contributed by atoms with Gasteiger partial charge in [0.15, 0.2) is 5.82 Å². The number of alkyl halides is 3. The topological polar surface area (TPSA) is 93.0 Å². The summed E-state index contributed by atoms with van der Waals surface area (Å²) in [6, 6.07) is 6.68. The molecule has 1 amide bonds. The summed E-state index contributed by atoms with van der Waals surface area (Å²) in [7, 11) is -5.65. The van der Waals surface area contributed by atoms with Gasteiger partial charge in [0.2, 0.25) is 0 Å². The van der Waals surface area contributed by atoms with E-state index in [9.17, 15) is 26.4 Å². The van der Waals surface area contributed by atoms with Gasteiger partial charge in [-0.2, -0.15) is 13.2 Å². The number of aromatic nitrogens is 1. The van der Waals surface area contributed by atoms with E-state index in [1.807, 2.05) is 20.8 Å². The van der Waals surface area contributed by atoms with Crippen LogP contribution in [-0.4, -0.2) is 58.5 Å².